The molecule has 0 unspecified atom stereocenters. The van der Waals surface area contributed by atoms with E-state index in [2.05, 4.69) is 4.99 Å². The number of rotatable bonds is 6. The number of amides is 1. The van der Waals surface area contributed by atoms with Gasteiger partial charge >= 0.3 is 0 Å². The van der Waals surface area contributed by atoms with E-state index in [1.807, 2.05) is 59.5 Å². The number of amidine groups is 1. The van der Waals surface area contributed by atoms with Crippen LogP contribution in [0.2, 0.25) is 0 Å². The molecule has 158 valence electrons. The zero-order valence-corrected chi connectivity index (χ0v) is 18.4. The van der Waals surface area contributed by atoms with E-state index in [0.717, 1.165) is 18.5 Å². The van der Waals surface area contributed by atoms with Gasteiger partial charge in [-0.15, -0.1) is 0 Å². The molecule has 6 nitrogen and oxygen atoms in total. The van der Waals surface area contributed by atoms with Crippen LogP contribution in [0.4, 0.5) is 5.69 Å². The monoisotopic (exact) mass is 444 g/mol. The Hall–Kier alpha value is -2.32. The first kappa shape index (κ1) is 20.9. The van der Waals surface area contributed by atoms with E-state index in [1.165, 1.54) is 17.3 Å². The van der Waals surface area contributed by atoms with E-state index in [4.69, 9.17) is 4.74 Å². The smallest absolute Gasteiger partial charge is 0.248 e. The predicted molar refractivity (Wildman–Crippen MR) is 121 cm³/mol. The normalized spacial score (nSPS) is 23.5. The molecule has 30 heavy (non-hydrogen) atoms. The predicted octanol–water partition coefficient (Wildman–Crippen LogP) is 3.32. The molecule has 0 N–H and O–H groups in total. The third-order valence-corrected chi connectivity index (χ3v) is 8.54. The number of hydrogen-bond acceptors (Lipinski definition) is 5. The van der Waals surface area contributed by atoms with Crippen LogP contribution in [0.25, 0.3) is 0 Å². The van der Waals surface area contributed by atoms with E-state index in [1.54, 1.807) is 7.11 Å². The highest BCUT2D eigenvalue weighted by Crippen LogP contribution is 2.43. The number of aryl methyl sites for hydroxylation is 1. The number of methoxy groups -OCH3 is 1. The average Bonchev–Trinajstić information content (AvgIpc) is 3.19. The lowest BCUT2D eigenvalue weighted by atomic mass is 10.1. The van der Waals surface area contributed by atoms with Gasteiger partial charge in [0, 0.05) is 11.7 Å². The highest BCUT2D eigenvalue weighted by atomic mass is 32.2. The number of sulfone groups is 1. The number of hydrogen-bond donors (Lipinski definition) is 0. The van der Waals surface area contributed by atoms with Gasteiger partial charge in [-0.05, 0) is 30.5 Å². The van der Waals surface area contributed by atoms with Crippen molar-refractivity contribution < 1.29 is 17.9 Å². The summed E-state index contributed by atoms with van der Waals surface area (Å²) in [6.07, 6.45) is 1.90. The number of ether oxygens (including phenoxy) is 1. The fourth-order valence-corrected chi connectivity index (χ4v) is 7.85. The molecule has 0 saturated carbocycles. The number of fused-ring (bicyclic) bond motifs is 1. The molecule has 0 spiro atoms. The summed E-state index contributed by atoms with van der Waals surface area (Å²) in [5.41, 5.74) is 1.94. The topological polar surface area (TPSA) is 76.0 Å². The summed E-state index contributed by atoms with van der Waals surface area (Å²) in [5, 5.41) is 0.435. The highest BCUT2D eigenvalue weighted by molar-refractivity contribution is 8.16. The molecule has 0 radical (unpaired) electrons. The molecular weight excluding hydrogens is 420 g/mol. The Kier molecular flexibility index (Phi) is 6.15. The van der Waals surface area contributed by atoms with Crippen LogP contribution in [-0.2, 0) is 21.1 Å². The van der Waals surface area contributed by atoms with Crippen LogP contribution in [0.5, 0.6) is 5.75 Å². The van der Waals surface area contributed by atoms with Crippen molar-refractivity contribution in [3.63, 3.8) is 0 Å². The summed E-state index contributed by atoms with van der Waals surface area (Å²) in [7, 11) is -1.53. The molecule has 2 aromatic carbocycles. The SMILES string of the molecule is COc1ccccc1N1C(=NC(=O)CCCc2ccccc2)S[C@H]2CS(=O)(=O)C[C@@H]21. The Balaban J connectivity index is 1.54. The Morgan fingerprint density at radius 2 is 1.87 bits per heavy atom. The van der Waals surface area contributed by atoms with Crippen LogP contribution < -0.4 is 9.64 Å². The third-order valence-electron chi connectivity index (χ3n) is 5.33. The Labute approximate surface area is 181 Å². The molecule has 2 aliphatic heterocycles. The first-order chi connectivity index (χ1) is 14.5. The first-order valence-electron chi connectivity index (χ1n) is 9.91. The van der Waals surface area contributed by atoms with Crippen LogP contribution in [0.1, 0.15) is 18.4 Å². The first-order valence-corrected chi connectivity index (χ1v) is 12.6. The average molecular weight is 445 g/mol. The third kappa shape index (κ3) is 4.54. The van der Waals surface area contributed by atoms with Gasteiger partial charge in [0.1, 0.15) is 5.75 Å². The quantitative estimate of drug-likeness (QED) is 0.680. The fraction of sp³-hybridized carbons (Fsp3) is 0.364. The Morgan fingerprint density at radius 1 is 1.13 bits per heavy atom. The van der Waals surface area contributed by atoms with Gasteiger partial charge in [-0.2, -0.15) is 4.99 Å². The van der Waals surface area contributed by atoms with Gasteiger partial charge in [-0.3, -0.25) is 4.79 Å². The van der Waals surface area contributed by atoms with Crippen LogP contribution in [0.15, 0.2) is 59.6 Å². The van der Waals surface area contributed by atoms with E-state index >= 15 is 0 Å². The molecule has 8 heteroatoms. The van der Waals surface area contributed by atoms with Crippen molar-refractivity contribution in [1.82, 2.24) is 0 Å². The molecule has 2 saturated heterocycles. The van der Waals surface area contributed by atoms with Crippen molar-refractivity contribution in [2.75, 3.05) is 23.5 Å². The number of nitrogens with zero attached hydrogens (tertiary/aromatic N) is 2. The summed E-state index contributed by atoms with van der Waals surface area (Å²) >= 11 is 1.38. The number of aliphatic imine (C=N–C) groups is 1. The summed E-state index contributed by atoms with van der Waals surface area (Å²) in [6.45, 7) is 0. The van der Waals surface area contributed by atoms with Gasteiger partial charge in [-0.25, -0.2) is 8.42 Å². The minimum absolute atomic E-state index is 0.0595. The van der Waals surface area contributed by atoms with E-state index in [0.29, 0.717) is 17.3 Å². The maximum atomic E-state index is 12.6. The summed E-state index contributed by atoms with van der Waals surface area (Å²) in [4.78, 5) is 18.9. The maximum absolute atomic E-state index is 12.6. The molecule has 2 heterocycles. The lowest BCUT2D eigenvalue weighted by molar-refractivity contribution is -0.117. The van der Waals surface area contributed by atoms with E-state index in [-0.39, 0.29) is 28.7 Å². The van der Waals surface area contributed by atoms with Gasteiger partial charge in [0.05, 0.1) is 30.3 Å². The number of thioether (sulfide) groups is 1. The lowest BCUT2D eigenvalue weighted by Gasteiger charge is -2.26. The van der Waals surface area contributed by atoms with Crippen LogP contribution >= 0.6 is 11.8 Å². The maximum Gasteiger partial charge on any atom is 0.248 e. The van der Waals surface area contributed by atoms with Gasteiger partial charge in [0.15, 0.2) is 15.0 Å². The lowest BCUT2D eigenvalue weighted by Crippen LogP contribution is -2.38. The highest BCUT2D eigenvalue weighted by Gasteiger charge is 2.49. The van der Waals surface area contributed by atoms with Crippen molar-refractivity contribution >= 4 is 38.4 Å². The van der Waals surface area contributed by atoms with Crippen molar-refractivity contribution in [3.8, 4) is 5.75 Å². The van der Waals surface area contributed by atoms with E-state index < -0.39 is 9.84 Å². The number of anilines is 1. The van der Waals surface area contributed by atoms with E-state index in [9.17, 15) is 13.2 Å². The minimum atomic E-state index is -3.11. The zero-order chi connectivity index (χ0) is 21.1. The summed E-state index contributed by atoms with van der Waals surface area (Å²) < 4.78 is 29.9. The Bertz CT molecular complexity index is 1050. The van der Waals surface area contributed by atoms with Gasteiger partial charge in [0.2, 0.25) is 5.91 Å². The fourth-order valence-electron chi connectivity index (χ4n) is 3.93. The van der Waals surface area contributed by atoms with Crippen molar-refractivity contribution in [3.05, 3.63) is 60.2 Å². The molecule has 2 atom stereocenters. The zero-order valence-electron chi connectivity index (χ0n) is 16.7. The number of para-hydroxylation sites is 2. The largest absolute Gasteiger partial charge is 0.495 e. The van der Waals surface area contributed by atoms with Crippen LogP contribution in [0.3, 0.4) is 0 Å². The molecule has 0 aromatic heterocycles. The second kappa shape index (κ2) is 8.81. The minimum Gasteiger partial charge on any atom is -0.495 e. The van der Waals surface area contributed by atoms with Gasteiger partial charge in [0.25, 0.3) is 0 Å². The standard InChI is InChI=1S/C22H24N2O4S2/c1-28-19-12-6-5-11-17(19)24-18-14-30(26,27)15-20(18)29-22(24)23-21(25)13-7-10-16-8-3-2-4-9-16/h2-6,8-9,11-12,18,20H,7,10,13-15H2,1H3/t18-,20-/m0/s1. The molecule has 2 aromatic rings. The second-order valence-corrected chi connectivity index (χ2v) is 10.8. The van der Waals surface area contributed by atoms with Crippen LogP contribution in [-0.4, -0.2) is 49.4 Å². The van der Waals surface area contributed by atoms with Crippen molar-refractivity contribution in [2.45, 2.75) is 30.6 Å². The van der Waals surface area contributed by atoms with Gasteiger partial charge < -0.3 is 9.64 Å². The number of benzene rings is 2. The molecule has 2 aliphatic rings. The van der Waals surface area contributed by atoms with Crippen molar-refractivity contribution in [1.29, 1.82) is 0 Å². The van der Waals surface area contributed by atoms with Gasteiger partial charge in [-0.1, -0.05) is 54.2 Å². The summed E-state index contributed by atoms with van der Waals surface area (Å²) in [6, 6.07) is 17.3. The molecular formula is C22H24N2O4S2. The van der Waals surface area contributed by atoms with Crippen LogP contribution in [0, 0.1) is 0 Å². The molecule has 4 rings (SSSR count). The number of carbonyl (C=O) groups excluding carboxylic acids is 1. The number of carbonyl (C=O) groups is 1. The van der Waals surface area contributed by atoms with Crippen molar-refractivity contribution in [2.24, 2.45) is 4.99 Å². The Morgan fingerprint density at radius 3 is 2.63 bits per heavy atom. The molecule has 1 amide bonds. The molecule has 0 aliphatic carbocycles. The summed E-state index contributed by atoms with van der Waals surface area (Å²) in [5.74, 6) is 0.613. The molecule has 2 fully saturated rings. The second-order valence-electron chi connectivity index (χ2n) is 7.47. The molecule has 0 bridgehead atoms.